The molecule has 0 aliphatic carbocycles. The highest BCUT2D eigenvalue weighted by Crippen LogP contribution is 2.29. The van der Waals surface area contributed by atoms with E-state index in [0.717, 1.165) is 16.8 Å². The van der Waals surface area contributed by atoms with Gasteiger partial charge in [-0.3, -0.25) is 0 Å². The number of halogens is 1. The number of hydrogen-bond acceptors (Lipinski definition) is 1. The highest BCUT2D eigenvalue weighted by atomic mass is 19.1. The predicted molar refractivity (Wildman–Crippen MR) is 66.2 cm³/mol. The Morgan fingerprint density at radius 3 is 2.12 bits per heavy atom. The van der Waals surface area contributed by atoms with E-state index in [2.05, 4.69) is 11.0 Å². The van der Waals surface area contributed by atoms with Gasteiger partial charge in [-0.1, -0.05) is 30.3 Å². The summed E-state index contributed by atoms with van der Waals surface area (Å²) < 4.78 is 12.9. The molecule has 0 spiro atoms. The molecule has 0 atom stereocenters. The van der Waals surface area contributed by atoms with E-state index in [1.54, 1.807) is 12.1 Å². The van der Waals surface area contributed by atoms with E-state index >= 15 is 0 Å². The lowest BCUT2D eigenvalue weighted by molar-refractivity contribution is 0.628. The summed E-state index contributed by atoms with van der Waals surface area (Å²) in [7, 11) is 4.00. The summed E-state index contributed by atoms with van der Waals surface area (Å²) in [5.41, 5.74) is 3.28. The van der Waals surface area contributed by atoms with Crippen molar-refractivity contribution in [3.05, 3.63) is 54.3 Å². The van der Waals surface area contributed by atoms with Crippen LogP contribution in [0, 0.1) is 5.82 Å². The fourth-order valence-corrected chi connectivity index (χ4v) is 1.74. The molecule has 16 heavy (non-hydrogen) atoms. The van der Waals surface area contributed by atoms with Gasteiger partial charge in [-0.2, -0.15) is 0 Å². The largest absolute Gasteiger partial charge is 0.377 e. The number of anilines is 1. The van der Waals surface area contributed by atoms with E-state index in [1.807, 2.05) is 32.3 Å². The minimum absolute atomic E-state index is 0.203. The molecule has 2 rings (SSSR count). The number of rotatable bonds is 2. The highest BCUT2D eigenvalue weighted by molar-refractivity contribution is 5.78. The van der Waals surface area contributed by atoms with Crippen molar-refractivity contribution >= 4 is 5.69 Å². The molecule has 2 aromatic carbocycles. The number of benzene rings is 2. The zero-order valence-corrected chi connectivity index (χ0v) is 9.44. The van der Waals surface area contributed by atoms with E-state index in [-0.39, 0.29) is 5.82 Å². The average molecular weight is 215 g/mol. The van der Waals surface area contributed by atoms with E-state index in [0.29, 0.717) is 0 Å². The molecular weight excluding hydrogens is 201 g/mol. The Hall–Kier alpha value is -1.83. The van der Waals surface area contributed by atoms with Crippen molar-refractivity contribution in [2.45, 2.75) is 0 Å². The van der Waals surface area contributed by atoms with Crippen LogP contribution < -0.4 is 4.90 Å². The second kappa shape index (κ2) is 4.35. The minimum Gasteiger partial charge on any atom is -0.377 e. The Bertz CT molecular complexity index is 474. The van der Waals surface area contributed by atoms with Crippen molar-refractivity contribution in [2.75, 3.05) is 19.0 Å². The Balaban J connectivity index is 2.51. The van der Waals surface area contributed by atoms with E-state index in [1.165, 1.54) is 12.1 Å². The normalized spacial score (nSPS) is 10.2. The van der Waals surface area contributed by atoms with Crippen LogP contribution in [0.1, 0.15) is 0 Å². The summed E-state index contributed by atoms with van der Waals surface area (Å²) >= 11 is 0. The van der Waals surface area contributed by atoms with Crippen LogP contribution in [0.5, 0.6) is 0 Å². The molecule has 1 nitrogen and oxygen atoms in total. The second-order valence-corrected chi connectivity index (χ2v) is 3.92. The summed E-state index contributed by atoms with van der Waals surface area (Å²) in [5, 5.41) is 0. The molecule has 82 valence electrons. The summed E-state index contributed by atoms with van der Waals surface area (Å²) in [6.45, 7) is 0. The highest BCUT2D eigenvalue weighted by Gasteiger charge is 2.05. The summed E-state index contributed by atoms with van der Waals surface area (Å²) in [4.78, 5) is 2.05. The van der Waals surface area contributed by atoms with Gasteiger partial charge in [-0.05, 0) is 23.8 Å². The van der Waals surface area contributed by atoms with Crippen LogP contribution in [-0.2, 0) is 0 Å². The summed E-state index contributed by atoms with van der Waals surface area (Å²) in [6.07, 6.45) is 0. The Morgan fingerprint density at radius 1 is 0.875 bits per heavy atom. The SMILES string of the molecule is CN(C)c1ccccc1-c1ccc(F)cc1. The summed E-state index contributed by atoms with van der Waals surface area (Å²) in [6, 6.07) is 14.7. The van der Waals surface area contributed by atoms with Gasteiger partial charge in [0, 0.05) is 25.3 Å². The molecule has 0 heterocycles. The molecule has 0 fully saturated rings. The van der Waals surface area contributed by atoms with Crippen LogP contribution in [0.3, 0.4) is 0 Å². The molecule has 0 N–H and O–H groups in total. The van der Waals surface area contributed by atoms with Crippen molar-refractivity contribution in [1.82, 2.24) is 0 Å². The Kier molecular flexibility index (Phi) is 2.91. The van der Waals surface area contributed by atoms with Gasteiger partial charge in [0.15, 0.2) is 0 Å². The molecule has 0 bridgehead atoms. The van der Waals surface area contributed by atoms with Crippen LogP contribution >= 0.6 is 0 Å². The molecule has 0 aliphatic rings. The first kappa shape index (κ1) is 10.7. The average Bonchev–Trinajstić information content (AvgIpc) is 2.30. The summed E-state index contributed by atoms with van der Waals surface area (Å²) in [5.74, 6) is -0.203. The lowest BCUT2D eigenvalue weighted by Crippen LogP contribution is -2.09. The van der Waals surface area contributed by atoms with Gasteiger partial charge in [0.05, 0.1) is 0 Å². The van der Waals surface area contributed by atoms with Gasteiger partial charge in [-0.25, -0.2) is 4.39 Å². The first-order valence-electron chi connectivity index (χ1n) is 5.21. The molecule has 0 saturated carbocycles. The third-order valence-electron chi connectivity index (χ3n) is 2.54. The maximum Gasteiger partial charge on any atom is 0.123 e. The second-order valence-electron chi connectivity index (χ2n) is 3.92. The monoisotopic (exact) mass is 215 g/mol. The van der Waals surface area contributed by atoms with Gasteiger partial charge in [0.1, 0.15) is 5.82 Å². The molecule has 2 heteroatoms. The molecule has 0 radical (unpaired) electrons. The first-order chi connectivity index (χ1) is 7.68. The van der Waals surface area contributed by atoms with Crippen molar-refractivity contribution in [3.8, 4) is 11.1 Å². The fourth-order valence-electron chi connectivity index (χ4n) is 1.74. The van der Waals surface area contributed by atoms with Crippen LogP contribution in [0.25, 0.3) is 11.1 Å². The zero-order valence-electron chi connectivity index (χ0n) is 9.44. The van der Waals surface area contributed by atoms with Gasteiger partial charge < -0.3 is 4.90 Å². The molecule has 0 aromatic heterocycles. The molecule has 0 amide bonds. The van der Waals surface area contributed by atoms with Gasteiger partial charge >= 0.3 is 0 Å². The van der Waals surface area contributed by atoms with Crippen molar-refractivity contribution in [2.24, 2.45) is 0 Å². The Morgan fingerprint density at radius 2 is 1.50 bits per heavy atom. The lowest BCUT2D eigenvalue weighted by atomic mass is 10.0. The smallest absolute Gasteiger partial charge is 0.123 e. The number of para-hydroxylation sites is 1. The van der Waals surface area contributed by atoms with E-state index < -0.39 is 0 Å². The third-order valence-corrected chi connectivity index (χ3v) is 2.54. The molecule has 0 saturated heterocycles. The lowest BCUT2D eigenvalue weighted by Gasteiger charge is -2.17. The standard InChI is InChI=1S/C14H14FN/c1-16(2)14-6-4-3-5-13(14)11-7-9-12(15)10-8-11/h3-10H,1-2H3. The van der Waals surface area contributed by atoms with Crippen molar-refractivity contribution in [3.63, 3.8) is 0 Å². The van der Waals surface area contributed by atoms with E-state index in [4.69, 9.17) is 0 Å². The molecule has 2 aromatic rings. The maximum absolute atomic E-state index is 12.9. The first-order valence-corrected chi connectivity index (χ1v) is 5.21. The third kappa shape index (κ3) is 2.06. The fraction of sp³-hybridized carbons (Fsp3) is 0.143. The zero-order chi connectivity index (χ0) is 11.5. The van der Waals surface area contributed by atoms with Gasteiger partial charge in [0.2, 0.25) is 0 Å². The molecule has 0 unspecified atom stereocenters. The quantitative estimate of drug-likeness (QED) is 0.740. The van der Waals surface area contributed by atoms with Crippen LogP contribution in [0.2, 0.25) is 0 Å². The van der Waals surface area contributed by atoms with Gasteiger partial charge in [0.25, 0.3) is 0 Å². The van der Waals surface area contributed by atoms with Crippen LogP contribution in [0.4, 0.5) is 10.1 Å². The topological polar surface area (TPSA) is 3.24 Å². The van der Waals surface area contributed by atoms with E-state index in [9.17, 15) is 4.39 Å². The number of hydrogen-bond donors (Lipinski definition) is 0. The minimum atomic E-state index is -0.203. The maximum atomic E-state index is 12.9. The molecule has 0 aliphatic heterocycles. The predicted octanol–water partition coefficient (Wildman–Crippen LogP) is 3.56. The van der Waals surface area contributed by atoms with Crippen LogP contribution in [0.15, 0.2) is 48.5 Å². The van der Waals surface area contributed by atoms with Crippen molar-refractivity contribution in [1.29, 1.82) is 0 Å². The van der Waals surface area contributed by atoms with Crippen molar-refractivity contribution < 1.29 is 4.39 Å². The Labute approximate surface area is 95.1 Å². The molecular formula is C14H14FN. The number of nitrogens with zero attached hydrogens (tertiary/aromatic N) is 1. The van der Waals surface area contributed by atoms with Gasteiger partial charge in [-0.15, -0.1) is 0 Å². The van der Waals surface area contributed by atoms with Crippen LogP contribution in [-0.4, -0.2) is 14.1 Å².